The molecule has 0 fully saturated rings. The van der Waals surface area contributed by atoms with E-state index in [4.69, 9.17) is 5.26 Å². The minimum absolute atomic E-state index is 0.443. The van der Waals surface area contributed by atoms with Crippen LogP contribution in [0.4, 0.5) is 0 Å². The lowest BCUT2D eigenvalue weighted by atomic mass is 10.3. The third-order valence-electron chi connectivity index (χ3n) is 1.77. The van der Waals surface area contributed by atoms with Crippen LogP contribution in [0.2, 0.25) is 0 Å². The lowest BCUT2D eigenvalue weighted by Crippen LogP contribution is -1.95. The highest BCUT2D eigenvalue weighted by Crippen LogP contribution is 2.10. The number of nitrogens with zero attached hydrogens (tertiary/aromatic N) is 3. The fourth-order valence-corrected chi connectivity index (χ4v) is 1.19. The average molecular weight is 169 g/mol. The van der Waals surface area contributed by atoms with Crippen LogP contribution >= 0.6 is 0 Å². The van der Waals surface area contributed by atoms with Crippen LogP contribution < -0.4 is 0 Å². The normalized spacial score (nSPS) is 9.46. The van der Waals surface area contributed by atoms with Crippen LogP contribution in [-0.2, 0) is 0 Å². The minimum atomic E-state index is 0.443. The summed E-state index contributed by atoms with van der Waals surface area (Å²) in [5, 5.41) is 8.79. The molecule has 0 aromatic carbocycles. The highest BCUT2D eigenvalue weighted by Gasteiger charge is 2.01. The van der Waals surface area contributed by atoms with Crippen LogP contribution in [0.3, 0.4) is 0 Å². The van der Waals surface area contributed by atoms with Gasteiger partial charge in [0.05, 0.1) is 5.69 Å². The highest BCUT2D eigenvalue weighted by atomic mass is 15.0. The molecular weight excluding hydrogens is 162 g/mol. The van der Waals surface area contributed by atoms with E-state index in [1.807, 2.05) is 41.2 Å². The average Bonchev–Trinajstić information content (AvgIpc) is 2.70. The Morgan fingerprint density at radius 3 is 2.69 bits per heavy atom. The van der Waals surface area contributed by atoms with Crippen LogP contribution in [0.25, 0.3) is 5.69 Å². The Bertz CT molecular complexity index is 437. The molecule has 0 bridgehead atoms. The van der Waals surface area contributed by atoms with Gasteiger partial charge in [-0.1, -0.05) is 0 Å². The molecule has 0 saturated heterocycles. The maximum atomic E-state index is 8.79. The number of aromatic nitrogens is 2. The smallest absolute Gasteiger partial charge is 0.164 e. The molecule has 0 aliphatic carbocycles. The van der Waals surface area contributed by atoms with E-state index in [1.54, 1.807) is 6.20 Å². The Balaban J connectivity index is 2.59. The molecule has 0 saturated carbocycles. The number of hydrogen-bond donors (Lipinski definition) is 0. The zero-order chi connectivity index (χ0) is 9.10. The molecule has 2 aromatic rings. The summed E-state index contributed by atoms with van der Waals surface area (Å²) in [4.78, 5) is 3.97. The van der Waals surface area contributed by atoms with Crippen molar-refractivity contribution in [3.05, 3.63) is 48.5 Å². The van der Waals surface area contributed by atoms with Crippen LogP contribution in [0, 0.1) is 11.3 Å². The largest absolute Gasteiger partial charge is 0.321 e. The Morgan fingerprint density at radius 2 is 2.00 bits per heavy atom. The van der Waals surface area contributed by atoms with Crippen LogP contribution in [0.5, 0.6) is 0 Å². The van der Waals surface area contributed by atoms with Gasteiger partial charge in [0.25, 0.3) is 0 Å². The monoisotopic (exact) mass is 169 g/mol. The lowest BCUT2D eigenvalue weighted by molar-refractivity contribution is 1.04. The highest BCUT2D eigenvalue weighted by molar-refractivity contribution is 5.43. The van der Waals surface area contributed by atoms with Crippen LogP contribution in [0.15, 0.2) is 42.9 Å². The van der Waals surface area contributed by atoms with Gasteiger partial charge in [0, 0.05) is 18.6 Å². The second kappa shape index (κ2) is 3.11. The Labute approximate surface area is 75.9 Å². The SMILES string of the molecule is N#Cc1ncccc1-n1cccc1. The molecule has 3 heteroatoms. The van der Waals surface area contributed by atoms with E-state index in [-0.39, 0.29) is 0 Å². The molecule has 0 radical (unpaired) electrons. The standard InChI is InChI=1S/C10H7N3/c11-8-9-10(4-3-5-12-9)13-6-1-2-7-13/h1-7H. The number of rotatable bonds is 1. The number of pyridine rings is 1. The van der Waals surface area contributed by atoms with Crippen molar-refractivity contribution in [3.63, 3.8) is 0 Å². The first-order valence-electron chi connectivity index (χ1n) is 3.90. The van der Waals surface area contributed by atoms with Gasteiger partial charge >= 0.3 is 0 Å². The topological polar surface area (TPSA) is 41.6 Å². The van der Waals surface area contributed by atoms with Crippen molar-refractivity contribution >= 4 is 0 Å². The van der Waals surface area contributed by atoms with Crippen molar-refractivity contribution in [2.45, 2.75) is 0 Å². The van der Waals surface area contributed by atoms with Crippen LogP contribution in [0.1, 0.15) is 5.69 Å². The minimum Gasteiger partial charge on any atom is -0.321 e. The summed E-state index contributed by atoms with van der Waals surface area (Å²) in [6.45, 7) is 0. The van der Waals surface area contributed by atoms with Gasteiger partial charge in [0.15, 0.2) is 5.69 Å². The Kier molecular flexibility index (Phi) is 1.81. The van der Waals surface area contributed by atoms with E-state index in [1.165, 1.54) is 0 Å². The molecule has 2 rings (SSSR count). The van der Waals surface area contributed by atoms with Gasteiger partial charge in [0.1, 0.15) is 6.07 Å². The van der Waals surface area contributed by atoms with Gasteiger partial charge in [-0.2, -0.15) is 5.26 Å². The quantitative estimate of drug-likeness (QED) is 0.652. The molecular formula is C10H7N3. The first kappa shape index (κ1) is 7.56. The van der Waals surface area contributed by atoms with E-state index in [0.29, 0.717) is 5.69 Å². The Morgan fingerprint density at radius 1 is 1.23 bits per heavy atom. The van der Waals surface area contributed by atoms with E-state index >= 15 is 0 Å². The lowest BCUT2D eigenvalue weighted by Gasteiger charge is -2.02. The van der Waals surface area contributed by atoms with Gasteiger partial charge in [-0.15, -0.1) is 0 Å². The molecule has 0 aliphatic rings. The summed E-state index contributed by atoms with van der Waals surface area (Å²) < 4.78 is 1.87. The molecule has 0 aliphatic heterocycles. The number of hydrogen-bond acceptors (Lipinski definition) is 2. The number of nitriles is 1. The zero-order valence-corrected chi connectivity index (χ0v) is 6.88. The second-order valence-electron chi connectivity index (χ2n) is 2.57. The van der Waals surface area contributed by atoms with Crippen molar-refractivity contribution in [1.29, 1.82) is 5.26 Å². The third kappa shape index (κ3) is 1.30. The summed E-state index contributed by atoms with van der Waals surface area (Å²) in [6.07, 6.45) is 5.39. The van der Waals surface area contributed by atoms with Crippen molar-refractivity contribution < 1.29 is 0 Å². The van der Waals surface area contributed by atoms with Gasteiger partial charge in [-0.3, -0.25) is 0 Å². The molecule has 2 heterocycles. The molecule has 0 unspecified atom stereocenters. The molecule has 0 spiro atoms. The van der Waals surface area contributed by atoms with E-state index in [2.05, 4.69) is 11.1 Å². The molecule has 3 nitrogen and oxygen atoms in total. The molecule has 62 valence electrons. The summed E-state index contributed by atoms with van der Waals surface area (Å²) >= 11 is 0. The summed E-state index contributed by atoms with van der Waals surface area (Å²) in [7, 11) is 0. The summed E-state index contributed by atoms with van der Waals surface area (Å²) in [6, 6.07) is 9.56. The van der Waals surface area contributed by atoms with Gasteiger partial charge in [-0.25, -0.2) is 4.98 Å². The Hall–Kier alpha value is -2.08. The first-order valence-corrected chi connectivity index (χ1v) is 3.90. The fourth-order valence-electron chi connectivity index (χ4n) is 1.19. The van der Waals surface area contributed by atoms with Crippen molar-refractivity contribution in [1.82, 2.24) is 9.55 Å². The molecule has 0 N–H and O–H groups in total. The molecule has 13 heavy (non-hydrogen) atoms. The van der Waals surface area contributed by atoms with Crippen molar-refractivity contribution in [3.8, 4) is 11.8 Å². The third-order valence-corrected chi connectivity index (χ3v) is 1.77. The van der Waals surface area contributed by atoms with E-state index in [0.717, 1.165) is 5.69 Å². The maximum Gasteiger partial charge on any atom is 0.164 e. The van der Waals surface area contributed by atoms with E-state index in [9.17, 15) is 0 Å². The van der Waals surface area contributed by atoms with Gasteiger partial charge < -0.3 is 4.57 Å². The van der Waals surface area contributed by atoms with Crippen molar-refractivity contribution in [2.75, 3.05) is 0 Å². The fraction of sp³-hybridized carbons (Fsp3) is 0. The zero-order valence-electron chi connectivity index (χ0n) is 6.88. The summed E-state index contributed by atoms with van der Waals surface area (Å²) in [5.74, 6) is 0. The first-order chi connectivity index (χ1) is 6.42. The van der Waals surface area contributed by atoms with Gasteiger partial charge in [0.2, 0.25) is 0 Å². The summed E-state index contributed by atoms with van der Waals surface area (Å²) in [5.41, 5.74) is 1.26. The predicted molar refractivity (Wildman–Crippen MR) is 48.3 cm³/mol. The molecule has 0 amide bonds. The van der Waals surface area contributed by atoms with Gasteiger partial charge in [-0.05, 0) is 24.3 Å². The van der Waals surface area contributed by atoms with E-state index < -0.39 is 0 Å². The molecule has 0 atom stereocenters. The van der Waals surface area contributed by atoms with Crippen LogP contribution in [-0.4, -0.2) is 9.55 Å². The second-order valence-corrected chi connectivity index (χ2v) is 2.57. The molecule has 2 aromatic heterocycles. The maximum absolute atomic E-state index is 8.79. The van der Waals surface area contributed by atoms with Crippen molar-refractivity contribution in [2.24, 2.45) is 0 Å². The predicted octanol–water partition coefficient (Wildman–Crippen LogP) is 1.74.